The second-order valence-corrected chi connectivity index (χ2v) is 6.29. The smallest absolute Gasteiger partial charge is 0.129 e. The number of allylic oxidation sites excluding steroid dienone is 8. The van der Waals surface area contributed by atoms with Crippen molar-refractivity contribution in [3.05, 3.63) is 48.6 Å². The van der Waals surface area contributed by atoms with Crippen molar-refractivity contribution >= 4 is 5.78 Å². The van der Waals surface area contributed by atoms with E-state index in [-0.39, 0.29) is 5.78 Å². The van der Waals surface area contributed by atoms with Gasteiger partial charge in [0.2, 0.25) is 0 Å². The Morgan fingerprint density at radius 3 is 2.39 bits per heavy atom. The molecule has 0 spiro atoms. The predicted octanol–water partition coefficient (Wildman–Crippen LogP) is 6.97. The van der Waals surface area contributed by atoms with Crippen LogP contribution >= 0.6 is 0 Å². The third-order valence-electron chi connectivity index (χ3n) is 3.67. The van der Waals surface area contributed by atoms with Crippen LogP contribution in [0.2, 0.25) is 0 Å². The van der Waals surface area contributed by atoms with E-state index in [9.17, 15) is 4.79 Å². The first-order chi connectivity index (χ1) is 11.2. The summed E-state index contributed by atoms with van der Waals surface area (Å²) in [4.78, 5) is 10.8. The van der Waals surface area contributed by atoms with Crippen molar-refractivity contribution in [1.29, 1.82) is 0 Å². The topological polar surface area (TPSA) is 17.1 Å². The van der Waals surface area contributed by atoms with E-state index in [1.165, 1.54) is 25.7 Å². The molecule has 1 nitrogen and oxygen atoms in total. The second kappa shape index (κ2) is 17.0. The maximum atomic E-state index is 10.8. The van der Waals surface area contributed by atoms with Crippen molar-refractivity contribution in [2.24, 2.45) is 5.92 Å². The molecule has 0 bridgehead atoms. The lowest BCUT2D eigenvalue weighted by Crippen LogP contribution is -1.87. The highest BCUT2D eigenvalue weighted by atomic mass is 16.1. The molecule has 0 saturated heterocycles. The zero-order valence-electron chi connectivity index (χ0n) is 15.5. The van der Waals surface area contributed by atoms with Crippen LogP contribution in [0.5, 0.6) is 0 Å². The Kier molecular flexibility index (Phi) is 16.0. The van der Waals surface area contributed by atoms with Crippen molar-refractivity contribution in [3.63, 3.8) is 0 Å². The average molecular weight is 317 g/mol. The number of hydrogen-bond acceptors (Lipinski definition) is 1. The second-order valence-electron chi connectivity index (χ2n) is 6.29. The van der Waals surface area contributed by atoms with Gasteiger partial charge in [0.1, 0.15) is 5.78 Å². The van der Waals surface area contributed by atoms with Crippen molar-refractivity contribution in [2.45, 2.75) is 78.6 Å². The van der Waals surface area contributed by atoms with Gasteiger partial charge in [0, 0.05) is 6.42 Å². The summed E-state index contributed by atoms with van der Waals surface area (Å²) in [6.07, 6.45) is 27.7. The van der Waals surface area contributed by atoms with E-state index in [1.54, 1.807) is 6.92 Å². The summed E-state index contributed by atoms with van der Waals surface area (Å²) in [6, 6.07) is 0. The van der Waals surface area contributed by atoms with Crippen LogP contribution in [0.3, 0.4) is 0 Å². The number of carbonyl (C=O) groups is 1. The molecular formula is C22H36O. The van der Waals surface area contributed by atoms with E-state index < -0.39 is 0 Å². The first-order valence-electron chi connectivity index (χ1n) is 9.29. The van der Waals surface area contributed by atoms with Crippen LogP contribution in [0, 0.1) is 5.92 Å². The van der Waals surface area contributed by atoms with Gasteiger partial charge in [-0.25, -0.2) is 0 Å². The highest BCUT2D eigenvalue weighted by molar-refractivity contribution is 5.75. The number of hydrogen-bond donors (Lipinski definition) is 0. The van der Waals surface area contributed by atoms with E-state index in [1.807, 2.05) is 0 Å². The quantitative estimate of drug-likeness (QED) is 0.192. The van der Waals surface area contributed by atoms with Gasteiger partial charge in [-0.15, -0.1) is 0 Å². The van der Waals surface area contributed by atoms with Gasteiger partial charge in [-0.1, -0.05) is 75.3 Å². The Labute approximate surface area is 144 Å². The average Bonchev–Trinajstić information content (AvgIpc) is 2.52. The summed E-state index contributed by atoms with van der Waals surface area (Å²) in [5, 5.41) is 0. The Hall–Kier alpha value is -1.37. The summed E-state index contributed by atoms with van der Waals surface area (Å²) >= 11 is 0. The number of rotatable bonds is 14. The minimum atomic E-state index is 0.286. The van der Waals surface area contributed by atoms with Gasteiger partial charge in [-0.05, 0) is 51.4 Å². The summed E-state index contributed by atoms with van der Waals surface area (Å²) in [6.45, 7) is 6.16. The van der Waals surface area contributed by atoms with Crippen molar-refractivity contribution in [1.82, 2.24) is 0 Å². The maximum Gasteiger partial charge on any atom is 0.129 e. The molecular weight excluding hydrogens is 280 g/mol. The maximum absolute atomic E-state index is 10.8. The Bertz CT molecular complexity index is 385. The van der Waals surface area contributed by atoms with Crippen molar-refractivity contribution in [3.8, 4) is 0 Å². The van der Waals surface area contributed by atoms with Crippen LogP contribution < -0.4 is 0 Å². The minimum Gasteiger partial charge on any atom is -0.300 e. The van der Waals surface area contributed by atoms with E-state index in [0.717, 1.165) is 25.7 Å². The van der Waals surface area contributed by atoms with Gasteiger partial charge in [0.25, 0.3) is 0 Å². The molecule has 23 heavy (non-hydrogen) atoms. The Morgan fingerprint density at radius 1 is 0.913 bits per heavy atom. The third-order valence-corrected chi connectivity index (χ3v) is 3.67. The van der Waals surface area contributed by atoms with E-state index in [0.29, 0.717) is 12.3 Å². The Morgan fingerprint density at radius 2 is 1.65 bits per heavy atom. The number of unbranched alkanes of at least 4 members (excludes halogenated alkanes) is 4. The molecule has 0 aromatic heterocycles. The van der Waals surface area contributed by atoms with Crippen LogP contribution in [0.1, 0.15) is 78.6 Å². The first-order valence-corrected chi connectivity index (χ1v) is 9.29. The minimum absolute atomic E-state index is 0.286. The summed E-state index contributed by atoms with van der Waals surface area (Å²) in [5.41, 5.74) is 0. The third kappa shape index (κ3) is 18.6. The molecule has 130 valence electrons. The molecule has 0 rings (SSSR count). The molecule has 0 aliphatic carbocycles. The van der Waals surface area contributed by atoms with Crippen LogP contribution in [0.25, 0.3) is 0 Å². The molecule has 0 aliphatic heterocycles. The zero-order chi connectivity index (χ0) is 17.2. The molecule has 0 N–H and O–H groups in total. The summed E-state index contributed by atoms with van der Waals surface area (Å²) < 4.78 is 0. The lowest BCUT2D eigenvalue weighted by Gasteiger charge is -1.99. The van der Waals surface area contributed by atoms with Gasteiger partial charge in [0.15, 0.2) is 0 Å². The largest absolute Gasteiger partial charge is 0.300 e. The molecule has 1 heteroatoms. The van der Waals surface area contributed by atoms with E-state index in [4.69, 9.17) is 0 Å². The number of carbonyl (C=O) groups excluding carboxylic acids is 1. The van der Waals surface area contributed by atoms with Gasteiger partial charge in [-0.2, -0.15) is 0 Å². The Balaban J connectivity index is 3.62. The molecule has 0 aromatic rings. The highest BCUT2D eigenvalue weighted by Gasteiger charge is 1.91. The normalized spacial score (nSPS) is 13.9. The van der Waals surface area contributed by atoms with Crippen molar-refractivity contribution in [2.75, 3.05) is 0 Å². The molecule has 1 atom stereocenters. The first kappa shape index (κ1) is 21.6. The molecule has 0 unspecified atom stereocenters. The molecule has 0 amide bonds. The highest BCUT2D eigenvalue weighted by Crippen LogP contribution is 2.07. The number of Topliss-reactive ketones (excluding diaryl/α,β-unsaturated/α-hetero) is 1. The standard InChI is InChI=1S/C22H36O/c1-4-5-6-7-12-15-18-21(2)19-16-13-10-8-9-11-14-17-20-22(3)23/h9-13,15-16,19,21H,4-8,14,17-18,20H2,1-3H3/b11-9-,13-10-,15-12-,19-16+/t21-/m1/s1. The monoisotopic (exact) mass is 316 g/mol. The SMILES string of the molecule is CCCCC/C=C\C[C@@H](C)/C=C/C=C\C/C=C\CCCC(C)=O. The fourth-order valence-corrected chi connectivity index (χ4v) is 2.19. The zero-order valence-corrected chi connectivity index (χ0v) is 15.5. The summed E-state index contributed by atoms with van der Waals surface area (Å²) in [5.74, 6) is 0.887. The number of ketones is 1. The molecule has 0 heterocycles. The van der Waals surface area contributed by atoms with Crippen LogP contribution in [-0.2, 0) is 4.79 Å². The van der Waals surface area contributed by atoms with Crippen LogP contribution in [0.15, 0.2) is 48.6 Å². The lowest BCUT2D eigenvalue weighted by molar-refractivity contribution is -0.117. The fraction of sp³-hybridized carbons (Fsp3) is 0.591. The predicted molar refractivity (Wildman–Crippen MR) is 104 cm³/mol. The van der Waals surface area contributed by atoms with Gasteiger partial charge < -0.3 is 4.79 Å². The van der Waals surface area contributed by atoms with Gasteiger partial charge >= 0.3 is 0 Å². The summed E-state index contributed by atoms with van der Waals surface area (Å²) in [7, 11) is 0. The molecule has 0 saturated carbocycles. The fourth-order valence-electron chi connectivity index (χ4n) is 2.19. The molecule has 0 aliphatic rings. The van der Waals surface area contributed by atoms with Crippen molar-refractivity contribution < 1.29 is 4.79 Å². The molecule has 0 aromatic carbocycles. The molecule has 0 radical (unpaired) electrons. The van der Waals surface area contributed by atoms with E-state index >= 15 is 0 Å². The lowest BCUT2D eigenvalue weighted by atomic mass is 10.1. The van der Waals surface area contributed by atoms with Gasteiger partial charge in [-0.3, -0.25) is 0 Å². The van der Waals surface area contributed by atoms with E-state index in [2.05, 4.69) is 62.5 Å². The molecule has 0 fully saturated rings. The van der Waals surface area contributed by atoms with Crippen LogP contribution in [0.4, 0.5) is 0 Å². The van der Waals surface area contributed by atoms with Gasteiger partial charge in [0.05, 0.1) is 0 Å². The van der Waals surface area contributed by atoms with Crippen LogP contribution in [-0.4, -0.2) is 5.78 Å².